The lowest BCUT2D eigenvalue weighted by atomic mass is 9.76. The molecule has 1 unspecified atom stereocenters. The van der Waals surface area contributed by atoms with E-state index >= 15 is 0 Å². The number of phenolic OH excluding ortho intramolecular Hbond substituents is 1. The Morgan fingerprint density at radius 2 is 1.76 bits per heavy atom. The van der Waals surface area contributed by atoms with Crippen LogP contribution in [0.1, 0.15) is 22.7 Å². The average molecular weight is 341 g/mol. The van der Waals surface area contributed by atoms with Crippen molar-refractivity contribution in [3.8, 4) is 34.1 Å². The van der Waals surface area contributed by atoms with Crippen LogP contribution in [0, 0.1) is 0 Å². The van der Waals surface area contributed by atoms with Crippen LogP contribution >= 0.6 is 0 Å². The van der Waals surface area contributed by atoms with E-state index in [1.807, 2.05) is 12.1 Å². The van der Waals surface area contributed by atoms with Gasteiger partial charge in [0.05, 0.1) is 21.3 Å². The van der Waals surface area contributed by atoms with Crippen molar-refractivity contribution < 1.29 is 19.3 Å². The van der Waals surface area contributed by atoms with Gasteiger partial charge in [0.2, 0.25) is 0 Å². The molecular formula is C20H23NO4. The quantitative estimate of drug-likeness (QED) is 0.929. The molecule has 1 atom stereocenters. The molecule has 132 valence electrons. The molecule has 25 heavy (non-hydrogen) atoms. The second-order valence-electron chi connectivity index (χ2n) is 6.66. The predicted molar refractivity (Wildman–Crippen MR) is 96.0 cm³/mol. The van der Waals surface area contributed by atoms with Gasteiger partial charge in [-0.3, -0.25) is 4.90 Å². The minimum atomic E-state index is 0.178. The highest BCUT2D eigenvalue weighted by atomic mass is 16.5. The standard InChI is InChI=1S/C20H23NO4/c1-21-8-7-12-10-14(22)19(24-3)18-16(12)13(21)9-11-5-6-15(23-2)20(25-4)17(11)18/h5-6,10,13,22H,7-9H2,1-4H3. The van der Waals surface area contributed by atoms with Crippen LogP contribution in [0.4, 0.5) is 0 Å². The van der Waals surface area contributed by atoms with Crippen molar-refractivity contribution in [2.24, 2.45) is 0 Å². The first kappa shape index (κ1) is 16.1. The van der Waals surface area contributed by atoms with Gasteiger partial charge in [0.25, 0.3) is 0 Å². The molecule has 0 fully saturated rings. The van der Waals surface area contributed by atoms with Gasteiger partial charge < -0.3 is 19.3 Å². The molecule has 0 amide bonds. The first-order chi connectivity index (χ1) is 12.1. The summed E-state index contributed by atoms with van der Waals surface area (Å²) < 4.78 is 16.8. The molecule has 2 aromatic carbocycles. The Balaban J connectivity index is 2.12. The minimum absolute atomic E-state index is 0.178. The molecule has 1 aliphatic carbocycles. The predicted octanol–water partition coefficient (Wildman–Crippen LogP) is 3.17. The van der Waals surface area contributed by atoms with Gasteiger partial charge >= 0.3 is 0 Å². The molecule has 2 aromatic rings. The highest BCUT2D eigenvalue weighted by Gasteiger charge is 2.38. The Kier molecular flexibility index (Phi) is 3.76. The molecule has 0 aromatic heterocycles. The molecule has 0 bridgehead atoms. The zero-order chi connectivity index (χ0) is 17.7. The van der Waals surface area contributed by atoms with Gasteiger partial charge in [-0.05, 0) is 48.7 Å². The number of nitrogens with zero attached hydrogens (tertiary/aromatic N) is 1. The summed E-state index contributed by atoms with van der Waals surface area (Å²) in [5.74, 6) is 2.06. The molecular weight excluding hydrogens is 318 g/mol. The van der Waals surface area contributed by atoms with Crippen LogP contribution in [-0.2, 0) is 12.8 Å². The number of fused-ring (bicyclic) bond motifs is 2. The summed E-state index contributed by atoms with van der Waals surface area (Å²) >= 11 is 0. The minimum Gasteiger partial charge on any atom is -0.504 e. The smallest absolute Gasteiger partial charge is 0.168 e. The van der Waals surface area contributed by atoms with E-state index in [9.17, 15) is 5.11 Å². The van der Waals surface area contributed by atoms with Gasteiger partial charge in [-0.2, -0.15) is 0 Å². The molecule has 2 aliphatic rings. The van der Waals surface area contributed by atoms with Crippen LogP contribution in [0.25, 0.3) is 11.1 Å². The summed E-state index contributed by atoms with van der Waals surface area (Å²) in [4.78, 5) is 2.38. The van der Waals surface area contributed by atoms with Crippen LogP contribution in [0.5, 0.6) is 23.0 Å². The number of rotatable bonds is 3. The summed E-state index contributed by atoms with van der Waals surface area (Å²) in [6.07, 6.45) is 1.81. The molecule has 0 saturated heterocycles. The number of hydrogen-bond acceptors (Lipinski definition) is 5. The zero-order valence-electron chi connectivity index (χ0n) is 15.0. The third kappa shape index (κ3) is 2.19. The van der Waals surface area contributed by atoms with Crippen molar-refractivity contribution >= 4 is 0 Å². The van der Waals surface area contributed by atoms with Crippen LogP contribution < -0.4 is 14.2 Å². The summed E-state index contributed by atoms with van der Waals surface area (Å²) in [5, 5.41) is 10.6. The lowest BCUT2D eigenvalue weighted by Gasteiger charge is -2.40. The van der Waals surface area contributed by atoms with Crippen molar-refractivity contribution in [3.63, 3.8) is 0 Å². The number of hydrogen-bond donors (Lipinski definition) is 1. The van der Waals surface area contributed by atoms with Gasteiger partial charge in [0.15, 0.2) is 23.0 Å². The van der Waals surface area contributed by atoms with E-state index in [0.29, 0.717) is 17.2 Å². The van der Waals surface area contributed by atoms with Crippen LogP contribution in [0.15, 0.2) is 18.2 Å². The third-order valence-corrected chi connectivity index (χ3v) is 5.48. The van der Waals surface area contributed by atoms with E-state index in [0.717, 1.165) is 30.5 Å². The maximum Gasteiger partial charge on any atom is 0.168 e. The largest absolute Gasteiger partial charge is 0.504 e. The van der Waals surface area contributed by atoms with Crippen molar-refractivity contribution in [1.82, 2.24) is 4.90 Å². The maximum absolute atomic E-state index is 10.6. The van der Waals surface area contributed by atoms with Crippen molar-refractivity contribution in [2.45, 2.75) is 18.9 Å². The molecule has 4 rings (SSSR count). The number of likely N-dealkylation sites (N-methyl/N-ethyl adjacent to an activating group) is 1. The Morgan fingerprint density at radius 3 is 2.44 bits per heavy atom. The van der Waals surface area contributed by atoms with Gasteiger partial charge in [0, 0.05) is 23.7 Å². The Hall–Kier alpha value is -2.40. The number of methoxy groups -OCH3 is 3. The molecule has 0 radical (unpaired) electrons. The second-order valence-corrected chi connectivity index (χ2v) is 6.66. The summed E-state index contributed by atoms with van der Waals surface area (Å²) in [7, 11) is 7.04. The number of benzene rings is 2. The van der Waals surface area contributed by atoms with Crippen LogP contribution in [0.3, 0.4) is 0 Å². The number of phenols is 1. The van der Waals surface area contributed by atoms with E-state index in [2.05, 4.69) is 18.0 Å². The summed E-state index contributed by atoms with van der Waals surface area (Å²) in [6, 6.07) is 6.17. The molecule has 1 aliphatic heterocycles. The number of aromatic hydroxyl groups is 1. The molecule has 1 N–H and O–H groups in total. The summed E-state index contributed by atoms with van der Waals surface area (Å²) in [5.41, 5.74) is 5.51. The molecule has 5 heteroatoms. The fourth-order valence-electron chi connectivity index (χ4n) is 4.31. The van der Waals surface area contributed by atoms with Gasteiger partial charge in [0.1, 0.15) is 0 Å². The maximum atomic E-state index is 10.6. The van der Waals surface area contributed by atoms with E-state index in [1.165, 1.54) is 16.7 Å². The van der Waals surface area contributed by atoms with Crippen LogP contribution in [-0.4, -0.2) is 44.9 Å². The van der Waals surface area contributed by atoms with Crippen molar-refractivity contribution in [1.29, 1.82) is 0 Å². The average Bonchev–Trinajstić information content (AvgIpc) is 2.63. The Labute approximate surface area is 147 Å². The normalized spacial score (nSPS) is 18.3. The third-order valence-electron chi connectivity index (χ3n) is 5.48. The van der Waals surface area contributed by atoms with E-state index in [-0.39, 0.29) is 11.8 Å². The molecule has 0 spiro atoms. The number of ether oxygens (including phenoxy) is 3. The van der Waals surface area contributed by atoms with Crippen LogP contribution in [0.2, 0.25) is 0 Å². The second kappa shape index (κ2) is 5.85. The SMILES string of the molecule is COc1ccc2c(c1OC)-c1c(OC)c(O)cc3c1C(C2)N(C)CC3. The summed E-state index contributed by atoms with van der Waals surface area (Å²) in [6.45, 7) is 0.978. The Bertz CT molecular complexity index is 846. The Morgan fingerprint density at radius 1 is 1.00 bits per heavy atom. The molecule has 5 nitrogen and oxygen atoms in total. The fraction of sp³-hybridized carbons (Fsp3) is 0.400. The highest BCUT2D eigenvalue weighted by Crippen LogP contribution is 2.56. The molecule has 0 saturated carbocycles. The van der Waals surface area contributed by atoms with Gasteiger partial charge in [-0.15, -0.1) is 0 Å². The monoisotopic (exact) mass is 341 g/mol. The fourth-order valence-corrected chi connectivity index (χ4v) is 4.31. The highest BCUT2D eigenvalue weighted by molar-refractivity contribution is 5.88. The van der Waals surface area contributed by atoms with Gasteiger partial charge in [-0.1, -0.05) is 6.07 Å². The zero-order valence-corrected chi connectivity index (χ0v) is 15.0. The van der Waals surface area contributed by atoms with E-state index in [4.69, 9.17) is 14.2 Å². The first-order valence-electron chi connectivity index (χ1n) is 8.47. The molecule has 1 heterocycles. The lowest BCUT2D eigenvalue weighted by molar-refractivity contribution is 0.226. The van der Waals surface area contributed by atoms with Crippen molar-refractivity contribution in [2.75, 3.05) is 34.9 Å². The van der Waals surface area contributed by atoms with Crippen molar-refractivity contribution in [3.05, 3.63) is 34.9 Å². The lowest BCUT2D eigenvalue weighted by Crippen LogP contribution is -2.35. The van der Waals surface area contributed by atoms with Gasteiger partial charge in [-0.25, -0.2) is 0 Å². The first-order valence-corrected chi connectivity index (χ1v) is 8.47. The topological polar surface area (TPSA) is 51.2 Å². The van der Waals surface area contributed by atoms with E-state index in [1.54, 1.807) is 21.3 Å². The van der Waals surface area contributed by atoms with E-state index < -0.39 is 0 Å².